The molecule has 3 aromatic carbocycles. The van der Waals surface area contributed by atoms with Gasteiger partial charge in [-0.1, -0.05) is 60.2 Å². The number of fused-ring (bicyclic) bond motifs is 1. The average Bonchev–Trinajstić information content (AvgIpc) is 2.99. The van der Waals surface area contributed by atoms with Gasteiger partial charge in [0.15, 0.2) is 5.84 Å². The van der Waals surface area contributed by atoms with Crippen LogP contribution in [0, 0.1) is 20.8 Å². The SMILES string of the molecule is Cc1ccc(N=C(c2cccc3ccccc23)n2nc(C)cc2C)cc1. The summed E-state index contributed by atoms with van der Waals surface area (Å²) in [7, 11) is 0. The van der Waals surface area contributed by atoms with Crippen LogP contribution in [0.5, 0.6) is 0 Å². The molecule has 4 aromatic rings. The number of hydrogen-bond acceptors (Lipinski definition) is 2. The van der Waals surface area contributed by atoms with E-state index in [1.165, 1.54) is 16.3 Å². The monoisotopic (exact) mass is 339 g/mol. The van der Waals surface area contributed by atoms with Gasteiger partial charge in [0.2, 0.25) is 0 Å². The number of aryl methyl sites for hydroxylation is 3. The Labute approximate surface area is 153 Å². The van der Waals surface area contributed by atoms with Crippen molar-refractivity contribution in [3.05, 3.63) is 95.3 Å². The van der Waals surface area contributed by atoms with Crippen molar-refractivity contribution in [2.45, 2.75) is 20.8 Å². The molecule has 128 valence electrons. The predicted octanol–water partition coefficient (Wildman–Crippen LogP) is 5.59. The summed E-state index contributed by atoms with van der Waals surface area (Å²) < 4.78 is 1.94. The first-order valence-electron chi connectivity index (χ1n) is 8.79. The molecular formula is C23H21N3. The first kappa shape index (κ1) is 16.3. The summed E-state index contributed by atoms with van der Waals surface area (Å²) in [6.07, 6.45) is 0. The molecule has 0 aliphatic rings. The molecule has 26 heavy (non-hydrogen) atoms. The summed E-state index contributed by atoms with van der Waals surface area (Å²) in [6, 6.07) is 25.1. The molecular weight excluding hydrogens is 318 g/mol. The van der Waals surface area contributed by atoms with Gasteiger partial charge in [-0.05, 0) is 49.7 Å². The van der Waals surface area contributed by atoms with Crippen LogP contribution < -0.4 is 0 Å². The molecule has 0 unspecified atom stereocenters. The van der Waals surface area contributed by atoms with Gasteiger partial charge in [-0.25, -0.2) is 9.67 Å². The maximum Gasteiger partial charge on any atom is 0.162 e. The molecule has 0 saturated carbocycles. The van der Waals surface area contributed by atoms with E-state index in [0.717, 1.165) is 28.5 Å². The van der Waals surface area contributed by atoms with Crippen molar-refractivity contribution in [3.8, 4) is 0 Å². The number of nitrogens with zero attached hydrogens (tertiary/aromatic N) is 3. The minimum atomic E-state index is 0.844. The molecule has 0 bridgehead atoms. The molecule has 0 atom stereocenters. The fourth-order valence-corrected chi connectivity index (χ4v) is 3.23. The Balaban J connectivity index is 1.99. The van der Waals surface area contributed by atoms with Crippen LogP contribution in [0.4, 0.5) is 5.69 Å². The van der Waals surface area contributed by atoms with Crippen LogP contribution in [0.2, 0.25) is 0 Å². The van der Waals surface area contributed by atoms with Crippen molar-refractivity contribution in [2.75, 3.05) is 0 Å². The summed E-state index contributed by atoms with van der Waals surface area (Å²) in [5.74, 6) is 0.844. The maximum absolute atomic E-state index is 4.98. The van der Waals surface area contributed by atoms with Crippen molar-refractivity contribution in [3.63, 3.8) is 0 Å². The van der Waals surface area contributed by atoms with Gasteiger partial charge in [-0.2, -0.15) is 5.10 Å². The van der Waals surface area contributed by atoms with Crippen LogP contribution >= 0.6 is 0 Å². The fourth-order valence-electron chi connectivity index (χ4n) is 3.23. The standard InChI is InChI=1S/C23H21N3/c1-16-11-13-20(14-12-16)24-23(26-18(3)15-17(2)25-26)22-10-6-8-19-7-4-5-9-21(19)22/h4-15H,1-3H3. The molecule has 0 aliphatic carbocycles. The van der Waals surface area contributed by atoms with Crippen LogP contribution in [0.15, 0.2) is 77.8 Å². The van der Waals surface area contributed by atoms with Crippen molar-refractivity contribution in [1.82, 2.24) is 9.78 Å². The summed E-state index contributed by atoms with van der Waals surface area (Å²) in [6.45, 7) is 6.16. The highest BCUT2D eigenvalue weighted by Crippen LogP contribution is 2.23. The Kier molecular flexibility index (Phi) is 4.13. The topological polar surface area (TPSA) is 30.2 Å². The number of aliphatic imine (C=N–C) groups is 1. The van der Waals surface area contributed by atoms with Gasteiger partial charge >= 0.3 is 0 Å². The Morgan fingerprint density at radius 2 is 1.58 bits per heavy atom. The highest BCUT2D eigenvalue weighted by molar-refractivity contribution is 6.11. The van der Waals surface area contributed by atoms with E-state index in [-0.39, 0.29) is 0 Å². The molecule has 0 saturated heterocycles. The Morgan fingerprint density at radius 3 is 2.31 bits per heavy atom. The Hall–Kier alpha value is -3.20. The third-order valence-corrected chi connectivity index (χ3v) is 4.51. The molecule has 0 N–H and O–H groups in total. The summed E-state index contributed by atoms with van der Waals surface area (Å²) in [5, 5.41) is 7.07. The molecule has 1 aromatic heterocycles. The molecule has 3 nitrogen and oxygen atoms in total. The van der Waals surface area contributed by atoms with Gasteiger partial charge in [0.25, 0.3) is 0 Å². The van der Waals surface area contributed by atoms with Crippen molar-refractivity contribution < 1.29 is 0 Å². The van der Waals surface area contributed by atoms with Crippen LogP contribution in [0.25, 0.3) is 10.8 Å². The smallest absolute Gasteiger partial charge is 0.162 e. The molecule has 0 aliphatic heterocycles. The number of aromatic nitrogens is 2. The predicted molar refractivity (Wildman–Crippen MR) is 108 cm³/mol. The Bertz CT molecular complexity index is 1100. The maximum atomic E-state index is 4.98. The molecule has 1 heterocycles. The van der Waals surface area contributed by atoms with E-state index in [1.54, 1.807) is 0 Å². The molecule has 0 radical (unpaired) electrons. The van der Waals surface area contributed by atoms with E-state index < -0.39 is 0 Å². The Morgan fingerprint density at radius 1 is 0.846 bits per heavy atom. The highest BCUT2D eigenvalue weighted by atomic mass is 15.3. The van der Waals surface area contributed by atoms with Gasteiger partial charge in [0, 0.05) is 11.3 Å². The van der Waals surface area contributed by atoms with E-state index in [2.05, 4.69) is 74.5 Å². The second kappa shape index (κ2) is 6.60. The molecule has 0 spiro atoms. The molecule has 0 fully saturated rings. The van der Waals surface area contributed by atoms with Crippen LogP contribution in [-0.2, 0) is 0 Å². The normalized spacial score (nSPS) is 11.9. The summed E-state index contributed by atoms with van der Waals surface area (Å²) >= 11 is 0. The van der Waals surface area contributed by atoms with Gasteiger partial charge < -0.3 is 0 Å². The van der Waals surface area contributed by atoms with Crippen LogP contribution in [0.3, 0.4) is 0 Å². The summed E-state index contributed by atoms with van der Waals surface area (Å²) in [5.41, 5.74) is 5.28. The van der Waals surface area contributed by atoms with Gasteiger partial charge in [-0.15, -0.1) is 0 Å². The van der Waals surface area contributed by atoms with Crippen LogP contribution in [0.1, 0.15) is 22.5 Å². The zero-order valence-electron chi connectivity index (χ0n) is 15.3. The first-order valence-corrected chi connectivity index (χ1v) is 8.79. The van der Waals surface area contributed by atoms with Crippen molar-refractivity contribution in [2.24, 2.45) is 4.99 Å². The first-order chi connectivity index (χ1) is 12.6. The van der Waals surface area contributed by atoms with E-state index >= 15 is 0 Å². The van der Waals surface area contributed by atoms with E-state index in [4.69, 9.17) is 10.1 Å². The third-order valence-electron chi connectivity index (χ3n) is 4.51. The molecule has 3 heteroatoms. The number of hydrogen-bond donors (Lipinski definition) is 0. The van der Waals surface area contributed by atoms with E-state index in [0.29, 0.717) is 0 Å². The van der Waals surface area contributed by atoms with Gasteiger partial charge in [0.1, 0.15) is 0 Å². The second-order valence-electron chi connectivity index (χ2n) is 6.64. The van der Waals surface area contributed by atoms with Crippen molar-refractivity contribution in [1.29, 1.82) is 0 Å². The summed E-state index contributed by atoms with van der Waals surface area (Å²) in [4.78, 5) is 4.98. The highest BCUT2D eigenvalue weighted by Gasteiger charge is 2.14. The third kappa shape index (κ3) is 3.04. The largest absolute Gasteiger partial charge is 0.229 e. The minimum absolute atomic E-state index is 0.844. The number of rotatable bonds is 2. The van der Waals surface area contributed by atoms with E-state index in [1.807, 2.05) is 23.7 Å². The lowest BCUT2D eigenvalue weighted by atomic mass is 10.0. The lowest BCUT2D eigenvalue weighted by Gasteiger charge is -2.12. The second-order valence-corrected chi connectivity index (χ2v) is 6.64. The van der Waals surface area contributed by atoms with Crippen LogP contribution in [-0.4, -0.2) is 15.6 Å². The molecule has 0 amide bonds. The van der Waals surface area contributed by atoms with Crippen molar-refractivity contribution >= 4 is 22.3 Å². The van der Waals surface area contributed by atoms with E-state index in [9.17, 15) is 0 Å². The fraction of sp³-hybridized carbons (Fsp3) is 0.130. The zero-order chi connectivity index (χ0) is 18.1. The lowest BCUT2D eigenvalue weighted by molar-refractivity contribution is 0.881. The van der Waals surface area contributed by atoms with Gasteiger partial charge in [-0.3, -0.25) is 0 Å². The van der Waals surface area contributed by atoms with Gasteiger partial charge in [0.05, 0.1) is 11.4 Å². The minimum Gasteiger partial charge on any atom is -0.229 e. The zero-order valence-corrected chi connectivity index (χ0v) is 15.3. The molecule has 4 rings (SSSR count). The number of benzene rings is 3. The average molecular weight is 339 g/mol. The lowest BCUT2D eigenvalue weighted by Crippen LogP contribution is -2.17. The quantitative estimate of drug-likeness (QED) is 0.346.